The highest BCUT2D eigenvalue weighted by atomic mass is 19.4. The van der Waals surface area contributed by atoms with Crippen LogP contribution in [0, 0.1) is 0 Å². The van der Waals surface area contributed by atoms with Gasteiger partial charge < -0.3 is 19.9 Å². The first-order valence-electron chi connectivity index (χ1n) is 10.3. The van der Waals surface area contributed by atoms with Gasteiger partial charge in [-0.05, 0) is 63.6 Å². The summed E-state index contributed by atoms with van der Waals surface area (Å²) in [4.78, 5) is 0. The largest absolute Gasteiger partial charge is 0.461 e. The number of nitrogens with one attached hydrogen (secondary N) is 1. The Labute approximate surface area is 182 Å². The fourth-order valence-corrected chi connectivity index (χ4v) is 3.93. The van der Waals surface area contributed by atoms with E-state index in [1.54, 1.807) is 6.07 Å². The van der Waals surface area contributed by atoms with Gasteiger partial charge in [-0.1, -0.05) is 12.1 Å². The molecule has 1 saturated carbocycles. The summed E-state index contributed by atoms with van der Waals surface area (Å²) in [5, 5.41) is 12.3. The molecule has 2 rings (SSSR count). The van der Waals surface area contributed by atoms with Crippen LogP contribution in [0.2, 0.25) is 0 Å². The fourth-order valence-electron chi connectivity index (χ4n) is 3.93. The molecule has 0 aliphatic heterocycles. The number of aliphatic hydroxyl groups excluding tert-OH is 1. The van der Waals surface area contributed by atoms with Crippen molar-refractivity contribution in [1.29, 1.82) is 0 Å². The molecular formula is C21H28F7NO3. The molecule has 11 heteroatoms. The van der Waals surface area contributed by atoms with Gasteiger partial charge in [0.25, 0.3) is 0 Å². The predicted octanol–water partition coefficient (Wildman–Crippen LogP) is 5.09. The number of halogens is 7. The van der Waals surface area contributed by atoms with Gasteiger partial charge in [0, 0.05) is 12.1 Å². The maximum atomic E-state index is 13.3. The van der Waals surface area contributed by atoms with E-state index >= 15 is 0 Å². The lowest BCUT2D eigenvalue weighted by Crippen LogP contribution is -2.55. The van der Waals surface area contributed by atoms with E-state index in [1.165, 1.54) is 6.07 Å². The lowest BCUT2D eigenvalue weighted by molar-refractivity contribution is -0.253. The summed E-state index contributed by atoms with van der Waals surface area (Å²) >= 11 is 0. The molecule has 0 amide bonds. The predicted molar refractivity (Wildman–Crippen MR) is 103 cm³/mol. The summed E-state index contributed by atoms with van der Waals surface area (Å²) < 4.78 is 99.8. The molecule has 0 bridgehead atoms. The number of alkyl halides is 7. The topological polar surface area (TPSA) is 50.7 Å². The molecule has 3 unspecified atom stereocenters. The molecule has 2 N–H and O–H groups in total. The van der Waals surface area contributed by atoms with Crippen LogP contribution in [0.15, 0.2) is 24.3 Å². The van der Waals surface area contributed by atoms with Crippen LogP contribution < -0.4 is 10.1 Å². The average Bonchev–Trinajstić information content (AvgIpc) is 2.65. The summed E-state index contributed by atoms with van der Waals surface area (Å²) in [5.74, 6) is -0.482. The number of hydrogen-bond donors (Lipinski definition) is 2. The third-order valence-corrected chi connectivity index (χ3v) is 5.26. The van der Waals surface area contributed by atoms with E-state index < -0.39 is 42.6 Å². The minimum absolute atomic E-state index is 0.104. The van der Waals surface area contributed by atoms with Crippen LogP contribution in [0.4, 0.5) is 30.7 Å². The van der Waals surface area contributed by atoms with Crippen molar-refractivity contribution >= 4 is 0 Å². The van der Waals surface area contributed by atoms with Crippen molar-refractivity contribution in [2.24, 2.45) is 0 Å². The van der Waals surface area contributed by atoms with Gasteiger partial charge >= 0.3 is 18.7 Å². The zero-order chi connectivity index (χ0) is 24.2. The summed E-state index contributed by atoms with van der Waals surface area (Å²) in [5.41, 5.74) is -0.514. The highest BCUT2D eigenvalue weighted by Crippen LogP contribution is 2.35. The molecule has 1 aliphatic carbocycles. The van der Waals surface area contributed by atoms with Crippen LogP contribution in [0.1, 0.15) is 45.1 Å². The van der Waals surface area contributed by atoms with Crippen molar-refractivity contribution < 1.29 is 45.3 Å². The van der Waals surface area contributed by atoms with Gasteiger partial charge in [-0.2, -0.15) is 30.7 Å². The van der Waals surface area contributed by atoms with Gasteiger partial charge in [0.1, 0.15) is 5.75 Å². The van der Waals surface area contributed by atoms with Crippen LogP contribution in [0.25, 0.3) is 0 Å². The summed E-state index contributed by atoms with van der Waals surface area (Å²) in [6.07, 6.45) is -14.2. The first kappa shape index (κ1) is 26.7. The van der Waals surface area contributed by atoms with Crippen LogP contribution >= 0.6 is 0 Å². The van der Waals surface area contributed by atoms with E-state index in [0.29, 0.717) is 31.2 Å². The third kappa shape index (κ3) is 7.77. The van der Waals surface area contributed by atoms with Gasteiger partial charge in [0.2, 0.25) is 0 Å². The minimum Gasteiger partial charge on any atom is -0.428 e. The van der Waals surface area contributed by atoms with E-state index in [1.807, 2.05) is 13.8 Å². The molecule has 0 saturated heterocycles. The number of β-amino-alcohol motifs (C(OH)–C–C–N with tert-alkyl or cyclic N) is 1. The molecule has 3 atom stereocenters. The standard InChI is InChI=1S/C21H28F7NO3/c1-13(2)31-16-7-4-8-19(11-16,29-12-17(30)20(24,25)26)10-14-5-3-6-15(9-14)32-21(27,28)18(22)23/h3,5-6,9,13,16-18,29-30H,4,7-8,10-12H2,1-2H3. The number of aliphatic hydroxyl groups is 1. The van der Waals surface area contributed by atoms with Crippen molar-refractivity contribution in [3.8, 4) is 5.75 Å². The Morgan fingerprint density at radius 1 is 1.19 bits per heavy atom. The van der Waals surface area contributed by atoms with Crippen molar-refractivity contribution in [1.82, 2.24) is 5.32 Å². The van der Waals surface area contributed by atoms with Crippen molar-refractivity contribution in [2.45, 2.75) is 88.5 Å². The maximum Gasteiger partial charge on any atom is 0.461 e. The Kier molecular flexibility index (Phi) is 8.80. The molecule has 184 valence electrons. The molecule has 0 aromatic heterocycles. The van der Waals surface area contributed by atoms with Crippen LogP contribution in [0.5, 0.6) is 5.75 Å². The third-order valence-electron chi connectivity index (χ3n) is 5.26. The second kappa shape index (κ2) is 10.6. The van der Waals surface area contributed by atoms with Crippen molar-refractivity contribution in [2.75, 3.05) is 6.54 Å². The number of ether oxygens (including phenoxy) is 2. The van der Waals surface area contributed by atoms with Gasteiger partial charge in [-0.15, -0.1) is 0 Å². The number of hydrogen-bond acceptors (Lipinski definition) is 4. The van der Waals surface area contributed by atoms with E-state index in [-0.39, 0.29) is 18.6 Å². The van der Waals surface area contributed by atoms with Crippen LogP contribution in [-0.2, 0) is 11.2 Å². The Balaban J connectivity index is 2.23. The Morgan fingerprint density at radius 2 is 1.88 bits per heavy atom. The molecule has 1 fully saturated rings. The molecular weight excluding hydrogens is 447 g/mol. The molecule has 1 aliphatic rings. The summed E-state index contributed by atoms with van der Waals surface area (Å²) in [6, 6.07) is 5.14. The van der Waals surface area contributed by atoms with Gasteiger partial charge in [0.15, 0.2) is 6.10 Å². The zero-order valence-corrected chi connectivity index (χ0v) is 17.8. The quantitative estimate of drug-likeness (QED) is 0.464. The number of rotatable bonds is 10. The maximum absolute atomic E-state index is 13.3. The average molecular weight is 475 g/mol. The monoisotopic (exact) mass is 475 g/mol. The minimum atomic E-state index is -4.80. The number of benzene rings is 1. The van der Waals surface area contributed by atoms with Gasteiger partial charge in [-0.3, -0.25) is 0 Å². The molecule has 1 aromatic rings. The first-order valence-corrected chi connectivity index (χ1v) is 10.3. The molecule has 32 heavy (non-hydrogen) atoms. The Bertz CT molecular complexity index is 730. The fraction of sp³-hybridized carbons (Fsp3) is 0.714. The smallest absolute Gasteiger partial charge is 0.428 e. The molecule has 1 aromatic carbocycles. The van der Waals surface area contributed by atoms with E-state index in [2.05, 4.69) is 10.1 Å². The normalized spacial score (nSPS) is 23.6. The Hall–Kier alpha value is -1.59. The van der Waals surface area contributed by atoms with E-state index in [4.69, 9.17) is 4.74 Å². The van der Waals surface area contributed by atoms with Gasteiger partial charge in [0.05, 0.1) is 12.2 Å². The first-order chi connectivity index (χ1) is 14.7. The second-order valence-electron chi connectivity index (χ2n) is 8.41. The lowest BCUT2D eigenvalue weighted by Gasteiger charge is -2.43. The van der Waals surface area contributed by atoms with E-state index in [9.17, 15) is 35.8 Å². The molecule has 0 heterocycles. The van der Waals surface area contributed by atoms with E-state index in [0.717, 1.165) is 12.1 Å². The SMILES string of the molecule is CC(C)OC1CCCC(Cc2cccc(OC(F)(F)C(F)F)c2)(NCC(O)C(F)(F)F)C1. The summed E-state index contributed by atoms with van der Waals surface area (Å²) in [7, 11) is 0. The molecule has 0 radical (unpaired) electrons. The Morgan fingerprint density at radius 3 is 2.47 bits per heavy atom. The van der Waals surface area contributed by atoms with Crippen molar-refractivity contribution in [3.63, 3.8) is 0 Å². The summed E-state index contributed by atoms with van der Waals surface area (Å²) in [6.45, 7) is 2.92. The second-order valence-corrected chi connectivity index (χ2v) is 8.41. The van der Waals surface area contributed by atoms with Gasteiger partial charge in [-0.25, -0.2) is 0 Å². The molecule has 4 nitrogen and oxygen atoms in total. The zero-order valence-electron chi connectivity index (χ0n) is 17.8. The van der Waals surface area contributed by atoms with Crippen molar-refractivity contribution in [3.05, 3.63) is 29.8 Å². The molecule has 0 spiro atoms. The highest BCUT2D eigenvalue weighted by molar-refractivity contribution is 5.30. The van der Waals surface area contributed by atoms with Crippen LogP contribution in [0.3, 0.4) is 0 Å². The lowest BCUT2D eigenvalue weighted by atomic mass is 9.76. The van der Waals surface area contributed by atoms with Crippen LogP contribution in [-0.4, -0.2) is 54.2 Å². The highest BCUT2D eigenvalue weighted by Gasteiger charge is 2.44.